The lowest BCUT2D eigenvalue weighted by Crippen LogP contribution is -2.12. The summed E-state index contributed by atoms with van der Waals surface area (Å²) in [6, 6.07) is 11.3. The van der Waals surface area contributed by atoms with Gasteiger partial charge in [-0.1, -0.05) is 29.8 Å². The van der Waals surface area contributed by atoms with Crippen LogP contribution in [0, 0.1) is 0 Å². The van der Waals surface area contributed by atoms with Gasteiger partial charge in [-0.3, -0.25) is 0 Å². The summed E-state index contributed by atoms with van der Waals surface area (Å²) < 4.78 is 5.22. The fourth-order valence-corrected chi connectivity index (χ4v) is 1.77. The van der Waals surface area contributed by atoms with E-state index in [1.165, 1.54) is 0 Å². The van der Waals surface area contributed by atoms with Crippen LogP contribution < -0.4 is 5.32 Å². The van der Waals surface area contributed by atoms with Crippen molar-refractivity contribution in [2.45, 2.75) is 13.1 Å². The molecule has 0 atom stereocenters. The van der Waals surface area contributed by atoms with Gasteiger partial charge in [0.15, 0.2) is 5.22 Å². The topological polar surface area (TPSA) is 25.2 Å². The average Bonchev–Trinajstić information content (AvgIpc) is 2.67. The molecule has 0 aliphatic carbocycles. The van der Waals surface area contributed by atoms with Crippen LogP contribution in [0.5, 0.6) is 0 Å². The van der Waals surface area contributed by atoms with Crippen molar-refractivity contribution >= 4 is 23.2 Å². The van der Waals surface area contributed by atoms with Crippen LogP contribution in [-0.2, 0) is 13.1 Å². The monoisotopic (exact) mass is 255 g/mol. The average molecular weight is 256 g/mol. The van der Waals surface area contributed by atoms with Gasteiger partial charge in [0, 0.05) is 11.6 Å². The van der Waals surface area contributed by atoms with Gasteiger partial charge in [-0.05, 0) is 35.4 Å². The predicted octanol–water partition coefficient (Wildman–Crippen LogP) is 3.88. The molecule has 0 fully saturated rings. The molecule has 1 heterocycles. The SMILES string of the molecule is Clc1ccc(CNCc2ccccc2Cl)o1. The van der Waals surface area contributed by atoms with Crippen molar-refractivity contribution < 1.29 is 4.42 Å². The molecule has 0 saturated heterocycles. The van der Waals surface area contributed by atoms with Crippen LogP contribution >= 0.6 is 23.2 Å². The molecule has 0 bridgehead atoms. The van der Waals surface area contributed by atoms with Crippen LogP contribution in [0.1, 0.15) is 11.3 Å². The van der Waals surface area contributed by atoms with Crippen LogP contribution in [0.25, 0.3) is 0 Å². The second-order valence-electron chi connectivity index (χ2n) is 3.40. The highest BCUT2D eigenvalue weighted by Gasteiger charge is 2.01. The van der Waals surface area contributed by atoms with Crippen molar-refractivity contribution in [3.05, 3.63) is 58.0 Å². The minimum absolute atomic E-state index is 0.412. The Morgan fingerprint density at radius 1 is 1.00 bits per heavy atom. The zero-order valence-electron chi connectivity index (χ0n) is 8.54. The summed E-state index contributed by atoms with van der Waals surface area (Å²) in [5.74, 6) is 0.817. The molecule has 0 amide bonds. The Kier molecular flexibility index (Phi) is 3.88. The Hall–Kier alpha value is -0.960. The highest BCUT2D eigenvalue weighted by atomic mass is 35.5. The van der Waals surface area contributed by atoms with Gasteiger partial charge >= 0.3 is 0 Å². The standard InChI is InChI=1S/C12H11Cl2NO/c13-11-4-2-1-3-9(11)7-15-8-10-5-6-12(14)16-10/h1-6,15H,7-8H2. The van der Waals surface area contributed by atoms with E-state index in [0.717, 1.165) is 16.3 Å². The first-order chi connectivity index (χ1) is 7.75. The molecule has 1 aromatic heterocycles. The zero-order chi connectivity index (χ0) is 11.4. The number of furan rings is 1. The number of nitrogens with one attached hydrogen (secondary N) is 1. The Balaban J connectivity index is 1.87. The maximum Gasteiger partial charge on any atom is 0.193 e. The molecule has 2 aromatic rings. The summed E-state index contributed by atoms with van der Waals surface area (Å²) in [6.45, 7) is 1.34. The smallest absolute Gasteiger partial charge is 0.193 e. The summed E-state index contributed by atoms with van der Waals surface area (Å²) in [5.41, 5.74) is 1.07. The molecule has 0 spiro atoms. The van der Waals surface area contributed by atoms with E-state index in [1.807, 2.05) is 30.3 Å². The van der Waals surface area contributed by atoms with Crippen molar-refractivity contribution in [1.29, 1.82) is 0 Å². The van der Waals surface area contributed by atoms with E-state index in [0.29, 0.717) is 18.3 Å². The minimum Gasteiger partial charge on any atom is -0.448 e. The van der Waals surface area contributed by atoms with Crippen molar-refractivity contribution in [3.8, 4) is 0 Å². The molecule has 0 aliphatic rings. The molecule has 0 aliphatic heterocycles. The normalized spacial score (nSPS) is 10.6. The second kappa shape index (κ2) is 5.39. The van der Waals surface area contributed by atoms with Crippen molar-refractivity contribution in [1.82, 2.24) is 5.32 Å². The molecule has 0 radical (unpaired) electrons. The third-order valence-corrected chi connectivity index (χ3v) is 2.77. The van der Waals surface area contributed by atoms with Gasteiger partial charge in [0.25, 0.3) is 0 Å². The van der Waals surface area contributed by atoms with E-state index in [-0.39, 0.29) is 0 Å². The van der Waals surface area contributed by atoms with E-state index in [4.69, 9.17) is 27.6 Å². The fourth-order valence-electron chi connectivity index (χ4n) is 1.41. The largest absolute Gasteiger partial charge is 0.448 e. The number of benzene rings is 1. The lowest BCUT2D eigenvalue weighted by Gasteiger charge is -2.04. The van der Waals surface area contributed by atoms with E-state index in [2.05, 4.69) is 5.32 Å². The van der Waals surface area contributed by atoms with Gasteiger partial charge in [-0.15, -0.1) is 0 Å². The van der Waals surface area contributed by atoms with Crippen LogP contribution in [0.2, 0.25) is 10.2 Å². The molecule has 1 N–H and O–H groups in total. The summed E-state index contributed by atoms with van der Waals surface area (Å²) in [7, 11) is 0. The predicted molar refractivity (Wildman–Crippen MR) is 65.7 cm³/mol. The maximum absolute atomic E-state index is 6.03. The van der Waals surface area contributed by atoms with E-state index < -0.39 is 0 Å². The summed E-state index contributed by atoms with van der Waals surface area (Å²) in [5, 5.41) is 4.42. The fraction of sp³-hybridized carbons (Fsp3) is 0.167. The Bertz CT molecular complexity index is 468. The molecule has 1 aromatic carbocycles. The third-order valence-electron chi connectivity index (χ3n) is 2.20. The Morgan fingerprint density at radius 2 is 1.81 bits per heavy atom. The van der Waals surface area contributed by atoms with Crippen LogP contribution in [0.4, 0.5) is 0 Å². The molecule has 2 nitrogen and oxygen atoms in total. The van der Waals surface area contributed by atoms with E-state index >= 15 is 0 Å². The first-order valence-electron chi connectivity index (χ1n) is 4.94. The van der Waals surface area contributed by atoms with Crippen LogP contribution in [0.3, 0.4) is 0 Å². The quantitative estimate of drug-likeness (QED) is 0.898. The summed E-state index contributed by atoms with van der Waals surface area (Å²) in [6.07, 6.45) is 0. The number of hydrogen-bond donors (Lipinski definition) is 1. The Labute approximate surface area is 104 Å². The van der Waals surface area contributed by atoms with Gasteiger partial charge in [0.1, 0.15) is 5.76 Å². The van der Waals surface area contributed by atoms with Crippen LogP contribution in [0.15, 0.2) is 40.8 Å². The molecule has 84 valence electrons. The molecule has 0 saturated carbocycles. The number of halogens is 2. The second-order valence-corrected chi connectivity index (χ2v) is 4.18. The minimum atomic E-state index is 0.412. The molecule has 4 heteroatoms. The molecule has 0 unspecified atom stereocenters. The summed E-state index contributed by atoms with van der Waals surface area (Å²) in [4.78, 5) is 0. The first kappa shape index (κ1) is 11.5. The van der Waals surface area contributed by atoms with Crippen LogP contribution in [-0.4, -0.2) is 0 Å². The molecular formula is C12H11Cl2NO. The molecule has 16 heavy (non-hydrogen) atoms. The zero-order valence-corrected chi connectivity index (χ0v) is 10.1. The number of rotatable bonds is 4. The van der Waals surface area contributed by atoms with E-state index in [1.54, 1.807) is 6.07 Å². The van der Waals surface area contributed by atoms with Gasteiger partial charge in [-0.25, -0.2) is 0 Å². The Morgan fingerprint density at radius 3 is 2.50 bits per heavy atom. The summed E-state index contributed by atoms with van der Waals surface area (Å²) >= 11 is 11.7. The van der Waals surface area contributed by atoms with Gasteiger partial charge in [0.05, 0.1) is 6.54 Å². The molecular weight excluding hydrogens is 245 g/mol. The highest BCUT2D eigenvalue weighted by Crippen LogP contribution is 2.15. The highest BCUT2D eigenvalue weighted by molar-refractivity contribution is 6.31. The van der Waals surface area contributed by atoms with E-state index in [9.17, 15) is 0 Å². The third kappa shape index (κ3) is 3.01. The molecule has 2 rings (SSSR count). The van der Waals surface area contributed by atoms with Crippen molar-refractivity contribution in [2.75, 3.05) is 0 Å². The van der Waals surface area contributed by atoms with Crippen molar-refractivity contribution in [2.24, 2.45) is 0 Å². The van der Waals surface area contributed by atoms with Gasteiger partial charge in [-0.2, -0.15) is 0 Å². The van der Waals surface area contributed by atoms with Crippen molar-refractivity contribution in [3.63, 3.8) is 0 Å². The lowest BCUT2D eigenvalue weighted by molar-refractivity contribution is 0.484. The van der Waals surface area contributed by atoms with Gasteiger partial charge < -0.3 is 9.73 Å². The van der Waals surface area contributed by atoms with Gasteiger partial charge in [0.2, 0.25) is 0 Å². The number of hydrogen-bond acceptors (Lipinski definition) is 2. The first-order valence-corrected chi connectivity index (χ1v) is 5.69. The maximum atomic E-state index is 6.03. The lowest BCUT2D eigenvalue weighted by atomic mass is 10.2.